The van der Waals surface area contributed by atoms with Gasteiger partial charge in [-0.2, -0.15) is 0 Å². The predicted octanol–water partition coefficient (Wildman–Crippen LogP) is 2.80. The molecule has 1 N–H and O–H groups in total. The fourth-order valence-corrected chi connectivity index (χ4v) is 2.60. The molecule has 6 nitrogen and oxygen atoms in total. The van der Waals surface area contributed by atoms with E-state index in [9.17, 15) is 4.79 Å². The number of methoxy groups -OCH3 is 1. The summed E-state index contributed by atoms with van der Waals surface area (Å²) in [5.74, 6) is 1.38. The number of carbonyl (C=O) groups excluding carboxylic acids is 1. The average Bonchev–Trinajstić information content (AvgIpc) is 3.08. The number of ether oxygens (including phenoxy) is 2. The fraction of sp³-hybridized carbons (Fsp3) is 0.263. The zero-order chi connectivity index (χ0) is 17.6. The Morgan fingerprint density at radius 1 is 1.20 bits per heavy atom. The minimum Gasteiger partial charge on any atom is -0.497 e. The van der Waals surface area contributed by atoms with Gasteiger partial charge in [0, 0.05) is 6.07 Å². The third-order valence-corrected chi connectivity index (χ3v) is 3.99. The van der Waals surface area contributed by atoms with Gasteiger partial charge in [-0.3, -0.25) is 4.79 Å². The molecule has 1 aromatic heterocycles. The lowest BCUT2D eigenvalue weighted by molar-refractivity contribution is -0.123. The molecular formula is C19H21N3O3. The highest BCUT2D eigenvalue weighted by Crippen LogP contribution is 2.19. The summed E-state index contributed by atoms with van der Waals surface area (Å²) in [6.07, 6.45) is 1.70. The molecule has 2 aromatic carbocycles. The summed E-state index contributed by atoms with van der Waals surface area (Å²) in [7, 11) is 1.61. The van der Waals surface area contributed by atoms with Crippen LogP contribution in [0.5, 0.6) is 11.5 Å². The van der Waals surface area contributed by atoms with Gasteiger partial charge in [0.1, 0.15) is 24.1 Å². The highest BCUT2D eigenvalue weighted by molar-refractivity contribution is 5.83. The van der Waals surface area contributed by atoms with Crippen LogP contribution in [0.2, 0.25) is 0 Å². The Bertz CT molecular complexity index is 860. The van der Waals surface area contributed by atoms with E-state index >= 15 is 0 Å². The van der Waals surface area contributed by atoms with Gasteiger partial charge in [-0.15, -0.1) is 0 Å². The third kappa shape index (κ3) is 3.91. The van der Waals surface area contributed by atoms with Gasteiger partial charge in [-0.05, 0) is 31.2 Å². The van der Waals surface area contributed by atoms with Crippen molar-refractivity contribution in [2.24, 2.45) is 0 Å². The molecule has 3 aromatic rings. The maximum Gasteiger partial charge on any atom is 0.242 e. The van der Waals surface area contributed by atoms with Crippen LogP contribution in [0.4, 0.5) is 0 Å². The molecule has 0 radical (unpaired) electrons. The molecule has 1 amide bonds. The molecule has 0 saturated heterocycles. The summed E-state index contributed by atoms with van der Waals surface area (Å²) in [6.45, 7) is 2.66. The number of amides is 1. The number of hydrogen-bond acceptors (Lipinski definition) is 4. The SMILES string of the molecule is COc1cccc(OCCNC(=O)C(C)n2cnc3ccccc32)c1. The second-order valence-corrected chi connectivity index (χ2v) is 5.63. The van der Waals surface area contributed by atoms with Crippen LogP contribution in [0.3, 0.4) is 0 Å². The van der Waals surface area contributed by atoms with Gasteiger partial charge >= 0.3 is 0 Å². The molecule has 0 fully saturated rings. The van der Waals surface area contributed by atoms with Crippen molar-refractivity contribution in [3.8, 4) is 11.5 Å². The first-order chi connectivity index (χ1) is 12.2. The van der Waals surface area contributed by atoms with E-state index in [4.69, 9.17) is 9.47 Å². The number of nitrogens with one attached hydrogen (secondary N) is 1. The van der Waals surface area contributed by atoms with Gasteiger partial charge in [-0.1, -0.05) is 18.2 Å². The second kappa shape index (κ2) is 7.70. The quantitative estimate of drug-likeness (QED) is 0.672. The maximum atomic E-state index is 12.4. The van der Waals surface area contributed by atoms with Gasteiger partial charge in [0.2, 0.25) is 5.91 Å². The second-order valence-electron chi connectivity index (χ2n) is 5.63. The number of hydrogen-bond donors (Lipinski definition) is 1. The average molecular weight is 339 g/mol. The molecule has 25 heavy (non-hydrogen) atoms. The standard InChI is InChI=1S/C19H21N3O3/c1-14(22-13-21-17-8-3-4-9-18(17)22)19(23)20-10-11-25-16-7-5-6-15(12-16)24-2/h3-9,12-14H,10-11H2,1-2H3,(H,20,23). The summed E-state index contributed by atoms with van der Waals surface area (Å²) in [5.41, 5.74) is 1.82. The van der Waals surface area contributed by atoms with Crippen molar-refractivity contribution in [1.82, 2.24) is 14.9 Å². The van der Waals surface area contributed by atoms with Crippen molar-refractivity contribution in [2.75, 3.05) is 20.3 Å². The van der Waals surface area contributed by atoms with Crippen LogP contribution in [0.15, 0.2) is 54.9 Å². The third-order valence-electron chi connectivity index (χ3n) is 3.99. The highest BCUT2D eigenvalue weighted by Gasteiger charge is 2.16. The van der Waals surface area contributed by atoms with E-state index in [-0.39, 0.29) is 11.9 Å². The smallest absolute Gasteiger partial charge is 0.242 e. The monoisotopic (exact) mass is 339 g/mol. The van der Waals surface area contributed by atoms with Gasteiger partial charge in [0.15, 0.2) is 0 Å². The lowest BCUT2D eigenvalue weighted by Gasteiger charge is -2.15. The van der Waals surface area contributed by atoms with Crippen LogP contribution in [0.1, 0.15) is 13.0 Å². The molecular weight excluding hydrogens is 318 g/mol. The number of imidazole rings is 1. The van der Waals surface area contributed by atoms with Crippen LogP contribution in [-0.4, -0.2) is 35.7 Å². The first kappa shape index (κ1) is 16.8. The van der Waals surface area contributed by atoms with E-state index in [2.05, 4.69) is 10.3 Å². The van der Waals surface area contributed by atoms with Gasteiger partial charge in [0.25, 0.3) is 0 Å². The Balaban J connectivity index is 1.52. The van der Waals surface area contributed by atoms with Crippen LogP contribution in [0.25, 0.3) is 11.0 Å². The number of nitrogens with zero attached hydrogens (tertiary/aromatic N) is 2. The molecule has 6 heteroatoms. The number of rotatable bonds is 7. The molecule has 0 aliphatic rings. The Labute approximate surface area is 146 Å². The summed E-state index contributed by atoms with van der Waals surface area (Å²) in [4.78, 5) is 16.7. The minimum atomic E-state index is -0.343. The number of fused-ring (bicyclic) bond motifs is 1. The van der Waals surface area contributed by atoms with Crippen molar-refractivity contribution in [3.05, 3.63) is 54.9 Å². The normalized spacial score (nSPS) is 11.9. The molecule has 130 valence electrons. The van der Waals surface area contributed by atoms with E-state index in [1.54, 1.807) is 13.4 Å². The summed E-state index contributed by atoms with van der Waals surface area (Å²) >= 11 is 0. The summed E-state index contributed by atoms with van der Waals surface area (Å²) in [5, 5.41) is 2.89. The number of benzene rings is 2. The summed E-state index contributed by atoms with van der Waals surface area (Å²) in [6, 6.07) is 14.8. The van der Waals surface area contributed by atoms with Crippen molar-refractivity contribution in [1.29, 1.82) is 0 Å². The Morgan fingerprint density at radius 2 is 2.00 bits per heavy atom. The van der Waals surface area contributed by atoms with Gasteiger partial charge in [0.05, 0.1) is 31.0 Å². The number of para-hydroxylation sites is 2. The number of carbonyl (C=O) groups is 1. The molecule has 1 unspecified atom stereocenters. The lowest BCUT2D eigenvalue weighted by atomic mass is 10.2. The topological polar surface area (TPSA) is 65.4 Å². The van der Waals surface area contributed by atoms with Gasteiger partial charge in [-0.25, -0.2) is 4.98 Å². The molecule has 0 bridgehead atoms. The molecule has 3 rings (SSSR count). The van der Waals surface area contributed by atoms with Crippen LogP contribution in [0, 0.1) is 0 Å². The van der Waals surface area contributed by atoms with Crippen LogP contribution >= 0.6 is 0 Å². The molecule has 1 heterocycles. The molecule has 0 spiro atoms. The van der Waals surface area contributed by atoms with Crippen molar-refractivity contribution in [3.63, 3.8) is 0 Å². The Morgan fingerprint density at radius 3 is 2.84 bits per heavy atom. The highest BCUT2D eigenvalue weighted by atomic mass is 16.5. The van der Waals surface area contributed by atoms with E-state index in [1.807, 2.05) is 60.0 Å². The molecule has 0 aliphatic carbocycles. The van der Waals surface area contributed by atoms with Crippen molar-refractivity contribution in [2.45, 2.75) is 13.0 Å². The lowest BCUT2D eigenvalue weighted by Crippen LogP contribution is -2.33. The van der Waals surface area contributed by atoms with E-state index in [1.165, 1.54) is 0 Å². The first-order valence-corrected chi connectivity index (χ1v) is 8.15. The van der Waals surface area contributed by atoms with Crippen LogP contribution in [-0.2, 0) is 4.79 Å². The number of aromatic nitrogens is 2. The fourth-order valence-electron chi connectivity index (χ4n) is 2.60. The summed E-state index contributed by atoms with van der Waals surface area (Å²) < 4.78 is 12.6. The molecule has 1 atom stereocenters. The predicted molar refractivity (Wildman–Crippen MR) is 95.9 cm³/mol. The van der Waals surface area contributed by atoms with Crippen LogP contribution < -0.4 is 14.8 Å². The molecule has 0 saturated carbocycles. The zero-order valence-corrected chi connectivity index (χ0v) is 14.3. The van der Waals surface area contributed by atoms with Crippen molar-refractivity contribution >= 4 is 16.9 Å². The van der Waals surface area contributed by atoms with E-state index in [0.29, 0.717) is 18.9 Å². The zero-order valence-electron chi connectivity index (χ0n) is 14.3. The first-order valence-electron chi connectivity index (χ1n) is 8.15. The minimum absolute atomic E-state index is 0.0719. The van der Waals surface area contributed by atoms with E-state index in [0.717, 1.165) is 16.8 Å². The Kier molecular flexibility index (Phi) is 5.18. The van der Waals surface area contributed by atoms with Gasteiger partial charge < -0.3 is 19.4 Å². The molecule has 0 aliphatic heterocycles. The van der Waals surface area contributed by atoms with E-state index < -0.39 is 0 Å². The Hall–Kier alpha value is -3.02. The van der Waals surface area contributed by atoms with Crippen molar-refractivity contribution < 1.29 is 14.3 Å². The maximum absolute atomic E-state index is 12.4. The largest absolute Gasteiger partial charge is 0.497 e.